The number of oxime groups is 1. The third kappa shape index (κ3) is 5.21. The monoisotopic (exact) mass is 288 g/mol. The van der Waals surface area contributed by atoms with Crippen molar-refractivity contribution >= 4 is 12.1 Å². The summed E-state index contributed by atoms with van der Waals surface area (Å²) in [5, 5.41) is 6.87. The second kappa shape index (κ2) is 7.81. The molecule has 0 saturated heterocycles. The number of amides is 1. The molecule has 0 unspecified atom stereocenters. The molecule has 1 saturated carbocycles. The van der Waals surface area contributed by atoms with Gasteiger partial charge in [-0.25, -0.2) is 0 Å². The molecule has 0 spiro atoms. The Morgan fingerprint density at radius 2 is 2.05 bits per heavy atom. The summed E-state index contributed by atoms with van der Waals surface area (Å²) in [5.41, 5.74) is 2.16. The van der Waals surface area contributed by atoms with Gasteiger partial charge in [-0.2, -0.15) is 0 Å². The quantitative estimate of drug-likeness (QED) is 0.669. The van der Waals surface area contributed by atoms with Crippen LogP contribution in [0.5, 0.6) is 0 Å². The zero-order valence-corrected chi connectivity index (χ0v) is 12.8. The Morgan fingerprint density at radius 3 is 2.76 bits per heavy atom. The van der Waals surface area contributed by atoms with Gasteiger partial charge in [-0.15, -0.1) is 0 Å². The van der Waals surface area contributed by atoms with Crippen LogP contribution in [0.25, 0.3) is 0 Å². The topological polar surface area (TPSA) is 50.7 Å². The fourth-order valence-corrected chi connectivity index (χ4v) is 2.63. The number of carbonyl (C=O) groups is 1. The number of carbonyl (C=O) groups excluding carboxylic acids is 1. The maximum absolute atomic E-state index is 11.8. The molecule has 0 radical (unpaired) electrons. The van der Waals surface area contributed by atoms with Crippen LogP contribution in [0.4, 0.5) is 0 Å². The van der Waals surface area contributed by atoms with Gasteiger partial charge in [0.2, 0.25) is 0 Å². The smallest absolute Gasteiger partial charge is 0.261 e. The molecule has 1 aromatic rings. The highest BCUT2D eigenvalue weighted by atomic mass is 16.6. The van der Waals surface area contributed by atoms with Gasteiger partial charge in [-0.05, 0) is 31.2 Å². The fourth-order valence-electron chi connectivity index (χ4n) is 2.63. The molecule has 4 nitrogen and oxygen atoms in total. The Kier molecular flexibility index (Phi) is 5.78. The SMILES string of the molecule is Cc1ccc(/C=N\OCC(=O)N[C@H]2CCCC[C@@H]2C)cc1. The van der Waals surface area contributed by atoms with Crippen LogP contribution < -0.4 is 5.32 Å². The van der Waals surface area contributed by atoms with Crippen molar-refractivity contribution in [1.29, 1.82) is 0 Å². The lowest BCUT2D eigenvalue weighted by atomic mass is 9.86. The molecule has 1 amide bonds. The summed E-state index contributed by atoms with van der Waals surface area (Å²) >= 11 is 0. The van der Waals surface area contributed by atoms with Gasteiger partial charge in [-0.3, -0.25) is 4.79 Å². The number of nitrogens with one attached hydrogen (secondary N) is 1. The minimum Gasteiger partial charge on any atom is -0.386 e. The van der Waals surface area contributed by atoms with E-state index < -0.39 is 0 Å². The minimum absolute atomic E-state index is 0.0222. The second-order valence-electron chi connectivity index (χ2n) is 5.85. The lowest BCUT2D eigenvalue weighted by Crippen LogP contribution is -2.42. The van der Waals surface area contributed by atoms with E-state index in [1.54, 1.807) is 6.21 Å². The predicted molar refractivity (Wildman–Crippen MR) is 84.3 cm³/mol. The number of hydrogen-bond acceptors (Lipinski definition) is 3. The summed E-state index contributed by atoms with van der Waals surface area (Å²) in [6, 6.07) is 8.24. The van der Waals surface area contributed by atoms with E-state index in [1.807, 2.05) is 31.2 Å². The Balaban J connectivity index is 1.70. The third-order valence-electron chi connectivity index (χ3n) is 4.01. The van der Waals surface area contributed by atoms with E-state index in [9.17, 15) is 4.79 Å². The molecular weight excluding hydrogens is 264 g/mol. The Morgan fingerprint density at radius 1 is 1.33 bits per heavy atom. The van der Waals surface area contributed by atoms with Crippen LogP contribution in [0, 0.1) is 12.8 Å². The standard InChI is InChI=1S/C17H24N2O2/c1-13-7-9-15(10-8-13)11-18-21-12-17(20)19-16-6-4-3-5-14(16)2/h7-11,14,16H,3-6,12H2,1-2H3,(H,19,20)/b18-11-/t14-,16-/m0/s1. The predicted octanol–water partition coefficient (Wildman–Crippen LogP) is 3.04. The van der Waals surface area contributed by atoms with Crippen molar-refractivity contribution in [3.63, 3.8) is 0 Å². The molecule has 1 N–H and O–H groups in total. The fraction of sp³-hybridized carbons (Fsp3) is 0.529. The zero-order chi connectivity index (χ0) is 15.1. The average Bonchev–Trinajstić information content (AvgIpc) is 2.48. The second-order valence-corrected chi connectivity index (χ2v) is 5.85. The van der Waals surface area contributed by atoms with E-state index in [0.717, 1.165) is 12.0 Å². The van der Waals surface area contributed by atoms with Gasteiger partial charge in [0.15, 0.2) is 6.61 Å². The van der Waals surface area contributed by atoms with E-state index in [-0.39, 0.29) is 18.6 Å². The molecular formula is C17H24N2O2. The van der Waals surface area contributed by atoms with E-state index in [0.29, 0.717) is 5.92 Å². The normalized spacial score (nSPS) is 22.2. The first-order valence-electron chi connectivity index (χ1n) is 7.66. The van der Waals surface area contributed by atoms with Gasteiger partial charge in [0.1, 0.15) is 0 Å². The summed E-state index contributed by atoms with van der Waals surface area (Å²) < 4.78 is 0. The molecule has 2 rings (SSSR count). The number of aryl methyl sites for hydroxylation is 1. The summed E-state index contributed by atoms with van der Waals surface area (Å²) in [6.45, 7) is 4.21. The molecule has 21 heavy (non-hydrogen) atoms. The van der Waals surface area contributed by atoms with E-state index >= 15 is 0 Å². The summed E-state index contributed by atoms with van der Waals surface area (Å²) in [6.07, 6.45) is 6.35. The van der Waals surface area contributed by atoms with Gasteiger partial charge < -0.3 is 10.2 Å². The lowest BCUT2D eigenvalue weighted by molar-refractivity contribution is -0.126. The number of nitrogens with zero attached hydrogens (tertiary/aromatic N) is 1. The highest BCUT2D eigenvalue weighted by Crippen LogP contribution is 2.23. The van der Waals surface area contributed by atoms with Crippen molar-refractivity contribution in [2.75, 3.05) is 6.61 Å². The molecule has 1 fully saturated rings. The molecule has 1 aliphatic carbocycles. The maximum Gasteiger partial charge on any atom is 0.261 e. The first-order chi connectivity index (χ1) is 10.1. The molecule has 0 aliphatic heterocycles. The van der Waals surface area contributed by atoms with Gasteiger partial charge in [-0.1, -0.05) is 54.8 Å². The van der Waals surface area contributed by atoms with Crippen LogP contribution in [0.3, 0.4) is 0 Å². The van der Waals surface area contributed by atoms with E-state index in [4.69, 9.17) is 4.84 Å². The molecule has 0 aromatic heterocycles. The zero-order valence-electron chi connectivity index (χ0n) is 12.8. The molecule has 1 aromatic carbocycles. The largest absolute Gasteiger partial charge is 0.386 e. The van der Waals surface area contributed by atoms with Gasteiger partial charge in [0.25, 0.3) is 5.91 Å². The van der Waals surface area contributed by atoms with Gasteiger partial charge in [0, 0.05) is 6.04 Å². The number of benzene rings is 1. The van der Waals surface area contributed by atoms with E-state index in [1.165, 1.54) is 24.8 Å². The first kappa shape index (κ1) is 15.5. The summed E-state index contributed by atoms with van der Waals surface area (Å²) in [5.74, 6) is 0.466. The van der Waals surface area contributed by atoms with Crippen LogP contribution in [-0.2, 0) is 9.63 Å². The van der Waals surface area contributed by atoms with Gasteiger partial charge in [0.05, 0.1) is 6.21 Å². The number of hydrogen-bond donors (Lipinski definition) is 1. The van der Waals surface area contributed by atoms with Crippen LogP contribution in [0.1, 0.15) is 43.7 Å². The average molecular weight is 288 g/mol. The first-order valence-corrected chi connectivity index (χ1v) is 7.66. The molecule has 0 heterocycles. The summed E-state index contributed by atoms with van der Waals surface area (Å²) in [4.78, 5) is 16.9. The molecule has 1 aliphatic rings. The summed E-state index contributed by atoms with van der Waals surface area (Å²) in [7, 11) is 0. The van der Waals surface area contributed by atoms with Crippen LogP contribution in [-0.4, -0.2) is 24.8 Å². The molecule has 2 atom stereocenters. The Labute approximate surface area is 126 Å². The highest BCUT2D eigenvalue weighted by molar-refractivity contribution is 5.80. The molecule has 4 heteroatoms. The van der Waals surface area contributed by atoms with Crippen molar-refractivity contribution in [2.45, 2.75) is 45.6 Å². The van der Waals surface area contributed by atoms with Crippen LogP contribution >= 0.6 is 0 Å². The molecule has 0 bridgehead atoms. The van der Waals surface area contributed by atoms with Crippen molar-refractivity contribution in [3.05, 3.63) is 35.4 Å². The van der Waals surface area contributed by atoms with Crippen molar-refractivity contribution < 1.29 is 9.63 Å². The van der Waals surface area contributed by atoms with Crippen LogP contribution in [0.2, 0.25) is 0 Å². The van der Waals surface area contributed by atoms with Crippen molar-refractivity contribution in [1.82, 2.24) is 5.32 Å². The van der Waals surface area contributed by atoms with E-state index in [2.05, 4.69) is 17.4 Å². The molecule has 114 valence electrons. The minimum atomic E-state index is -0.0881. The van der Waals surface area contributed by atoms with Gasteiger partial charge >= 0.3 is 0 Å². The van der Waals surface area contributed by atoms with Crippen molar-refractivity contribution in [2.24, 2.45) is 11.1 Å². The Bertz CT molecular complexity index is 482. The van der Waals surface area contributed by atoms with Crippen LogP contribution in [0.15, 0.2) is 29.4 Å². The maximum atomic E-state index is 11.8. The lowest BCUT2D eigenvalue weighted by Gasteiger charge is -2.29. The third-order valence-corrected chi connectivity index (χ3v) is 4.01. The highest BCUT2D eigenvalue weighted by Gasteiger charge is 2.22. The number of rotatable bonds is 5. The Hall–Kier alpha value is -1.84. The van der Waals surface area contributed by atoms with Crippen molar-refractivity contribution in [3.8, 4) is 0 Å².